The highest BCUT2D eigenvalue weighted by Crippen LogP contribution is 2.67. The van der Waals surface area contributed by atoms with Gasteiger partial charge in [-0.3, -0.25) is 0 Å². The van der Waals surface area contributed by atoms with Crippen LogP contribution in [0.1, 0.15) is 0 Å². The summed E-state index contributed by atoms with van der Waals surface area (Å²) in [6.45, 7) is 0. The molecular formula is C8F17O3S-. The summed E-state index contributed by atoms with van der Waals surface area (Å²) in [4.78, 5) is 0. The summed E-state index contributed by atoms with van der Waals surface area (Å²) in [7, 11) is -8.61. The lowest BCUT2D eigenvalue weighted by Gasteiger charge is -2.48. The molecule has 0 aromatic heterocycles. The minimum absolute atomic E-state index is 8.13. The Labute approximate surface area is 146 Å². The third-order valence-corrected chi connectivity index (χ3v) is 4.06. The standard InChI is InChI=1S/C8HF17O3S/c9-1(5(15,16)17,3(11,12)4(13,14)7(21,22)23)2(10,6(18,19)20)8(24,25)29(26,27)28/h(H,26,27,28)/p-1. The van der Waals surface area contributed by atoms with E-state index < -0.39 is 57.1 Å². The molecule has 0 saturated carbocycles. The fourth-order valence-electron chi connectivity index (χ4n) is 1.72. The Balaban J connectivity index is 7.85. The van der Waals surface area contributed by atoms with Gasteiger partial charge in [-0.2, -0.15) is 65.9 Å². The number of hydrogen-bond acceptors (Lipinski definition) is 3. The molecule has 0 bridgehead atoms. The van der Waals surface area contributed by atoms with Gasteiger partial charge in [0.25, 0.3) is 0 Å². The molecule has 0 heterocycles. The van der Waals surface area contributed by atoms with Gasteiger partial charge in [0.05, 0.1) is 0 Å². The molecule has 0 fully saturated rings. The summed E-state index contributed by atoms with van der Waals surface area (Å²) in [6, 6.07) is 0. The third-order valence-electron chi connectivity index (χ3n) is 3.15. The van der Waals surface area contributed by atoms with Gasteiger partial charge in [0, 0.05) is 0 Å². The van der Waals surface area contributed by atoms with Crippen molar-refractivity contribution in [2.24, 2.45) is 0 Å². The second-order valence-corrected chi connectivity index (χ2v) is 6.35. The highest BCUT2D eigenvalue weighted by atomic mass is 32.2. The van der Waals surface area contributed by atoms with Crippen LogP contribution in [0, 0.1) is 0 Å². The van der Waals surface area contributed by atoms with Crippen molar-refractivity contribution >= 4 is 10.1 Å². The van der Waals surface area contributed by atoms with Crippen molar-refractivity contribution in [1.82, 2.24) is 0 Å². The van der Waals surface area contributed by atoms with E-state index in [1.807, 2.05) is 0 Å². The van der Waals surface area contributed by atoms with Crippen LogP contribution >= 0.6 is 0 Å². The van der Waals surface area contributed by atoms with Crippen molar-refractivity contribution in [2.75, 3.05) is 0 Å². The fourth-order valence-corrected chi connectivity index (χ4v) is 2.32. The maximum absolute atomic E-state index is 13.8. The van der Waals surface area contributed by atoms with Gasteiger partial charge >= 0.3 is 47.0 Å². The second-order valence-electron chi connectivity index (χ2n) is 4.93. The lowest BCUT2D eigenvalue weighted by Crippen LogP contribution is -2.82. The van der Waals surface area contributed by atoms with Crippen molar-refractivity contribution in [3.63, 3.8) is 0 Å². The lowest BCUT2D eigenvalue weighted by atomic mass is 9.76. The van der Waals surface area contributed by atoms with E-state index in [-0.39, 0.29) is 0 Å². The van der Waals surface area contributed by atoms with Gasteiger partial charge in [-0.1, -0.05) is 0 Å². The van der Waals surface area contributed by atoms with E-state index in [1.165, 1.54) is 0 Å². The Kier molecular flexibility index (Phi) is 6.08. The molecule has 0 aliphatic rings. The van der Waals surface area contributed by atoms with E-state index >= 15 is 0 Å². The van der Waals surface area contributed by atoms with Gasteiger partial charge in [0.2, 0.25) is 0 Å². The van der Waals surface area contributed by atoms with Crippen LogP contribution in [0.15, 0.2) is 0 Å². The summed E-state index contributed by atoms with van der Waals surface area (Å²) in [5, 5.41) is -8.53. The second kappa shape index (κ2) is 6.36. The Hall–Kier alpha value is -1.28. The topological polar surface area (TPSA) is 57.2 Å². The first-order valence-electron chi connectivity index (χ1n) is 5.67. The van der Waals surface area contributed by atoms with Crippen molar-refractivity contribution in [3.05, 3.63) is 0 Å². The first-order chi connectivity index (χ1) is 12.0. The van der Waals surface area contributed by atoms with Crippen molar-refractivity contribution < 1.29 is 87.6 Å². The number of rotatable bonds is 5. The highest BCUT2D eigenvalue weighted by Gasteiger charge is 3.00. The van der Waals surface area contributed by atoms with E-state index in [2.05, 4.69) is 0 Å². The molecule has 0 aromatic carbocycles. The molecule has 0 radical (unpaired) electrons. The van der Waals surface area contributed by atoms with Gasteiger partial charge < -0.3 is 4.55 Å². The molecule has 0 saturated heterocycles. The summed E-state index contributed by atoms with van der Waals surface area (Å²) in [6.07, 6.45) is -25.5. The molecule has 0 rings (SSSR count). The normalized spacial score (nSPS) is 20.2. The third kappa shape index (κ3) is 3.26. The zero-order valence-corrected chi connectivity index (χ0v) is 12.9. The van der Waals surface area contributed by atoms with Crippen LogP contribution in [-0.2, 0) is 10.1 Å². The molecule has 176 valence electrons. The average Bonchev–Trinajstić information content (AvgIpc) is 2.39. The Morgan fingerprint density at radius 2 is 0.724 bits per heavy atom. The number of halogens is 17. The van der Waals surface area contributed by atoms with Gasteiger partial charge in [0.15, 0.2) is 10.1 Å². The van der Waals surface area contributed by atoms with Crippen LogP contribution in [0.5, 0.6) is 0 Å². The van der Waals surface area contributed by atoms with Crippen LogP contribution in [-0.4, -0.2) is 59.9 Å². The Bertz CT molecular complexity index is 729. The van der Waals surface area contributed by atoms with Gasteiger partial charge in [-0.15, -0.1) is 0 Å². The highest BCUT2D eigenvalue weighted by molar-refractivity contribution is 7.86. The van der Waals surface area contributed by atoms with Crippen LogP contribution in [0.3, 0.4) is 0 Å². The lowest BCUT2D eigenvalue weighted by molar-refractivity contribution is -0.462. The van der Waals surface area contributed by atoms with Crippen molar-refractivity contribution in [2.45, 2.75) is 47.0 Å². The van der Waals surface area contributed by atoms with Crippen molar-refractivity contribution in [3.8, 4) is 0 Å². The number of hydrogen-bond donors (Lipinski definition) is 0. The molecule has 0 amide bonds. The van der Waals surface area contributed by atoms with E-state index in [9.17, 15) is 87.6 Å². The summed E-state index contributed by atoms with van der Waals surface area (Å²) >= 11 is 0. The molecule has 0 spiro atoms. The zero-order valence-electron chi connectivity index (χ0n) is 12.1. The van der Waals surface area contributed by atoms with Crippen LogP contribution in [0.2, 0.25) is 0 Å². The largest absolute Gasteiger partial charge is 0.743 e. The predicted octanol–water partition coefficient (Wildman–Crippen LogP) is 4.50. The van der Waals surface area contributed by atoms with Crippen molar-refractivity contribution in [1.29, 1.82) is 0 Å². The SMILES string of the molecule is O=S(=O)([O-])C(F)(F)C(F)(C(F)(F)F)C(F)(C(F)(F)F)C(F)(F)C(F)(F)C(F)(F)F. The molecule has 0 aliphatic carbocycles. The first kappa shape index (κ1) is 27.7. The van der Waals surface area contributed by atoms with Crippen LogP contribution < -0.4 is 0 Å². The minimum atomic E-state index is -9.37. The maximum Gasteiger partial charge on any atom is 0.460 e. The maximum atomic E-state index is 13.8. The summed E-state index contributed by atoms with van der Waals surface area (Å²) < 4.78 is 247. The van der Waals surface area contributed by atoms with E-state index in [0.29, 0.717) is 0 Å². The smallest absolute Gasteiger partial charge is 0.460 e. The molecule has 0 aromatic rings. The first-order valence-corrected chi connectivity index (χ1v) is 7.08. The van der Waals surface area contributed by atoms with Gasteiger partial charge in [0.1, 0.15) is 0 Å². The minimum Gasteiger partial charge on any atom is -0.743 e. The van der Waals surface area contributed by atoms with Gasteiger partial charge in [-0.05, 0) is 0 Å². The molecular weight excluding hydrogens is 499 g/mol. The predicted molar refractivity (Wildman–Crippen MR) is 50.4 cm³/mol. The fraction of sp³-hybridized carbons (Fsp3) is 1.00. The Morgan fingerprint density at radius 3 is 0.897 bits per heavy atom. The monoisotopic (exact) mass is 499 g/mol. The quantitative estimate of drug-likeness (QED) is 0.414. The molecule has 3 nitrogen and oxygen atoms in total. The van der Waals surface area contributed by atoms with Gasteiger partial charge in [-0.25, -0.2) is 17.2 Å². The molecule has 21 heteroatoms. The summed E-state index contributed by atoms with van der Waals surface area (Å²) in [5.41, 5.74) is -18.6. The molecule has 29 heavy (non-hydrogen) atoms. The van der Waals surface area contributed by atoms with Crippen LogP contribution in [0.4, 0.5) is 74.6 Å². The molecule has 2 unspecified atom stereocenters. The molecule has 0 N–H and O–H groups in total. The number of alkyl halides is 17. The van der Waals surface area contributed by atoms with Crippen LogP contribution in [0.25, 0.3) is 0 Å². The summed E-state index contributed by atoms with van der Waals surface area (Å²) in [5.74, 6) is -17.8. The van der Waals surface area contributed by atoms with E-state index in [0.717, 1.165) is 0 Å². The molecule has 2 atom stereocenters. The van der Waals surface area contributed by atoms with E-state index in [4.69, 9.17) is 0 Å². The Morgan fingerprint density at radius 1 is 0.448 bits per heavy atom. The molecule has 0 aliphatic heterocycles. The zero-order chi connectivity index (χ0) is 24.5. The average molecular weight is 499 g/mol. The van der Waals surface area contributed by atoms with E-state index in [1.54, 1.807) is 0 Å².